The molecule has 0 spiro atoms. The number of nitrogens with one attached hydrogen (secondary N) is 1. The molecule has 3 aromatic rings. The maximum atomic E-state index is 12.2. The van der Waals surface area contributed by atoms with Crippen LogP contribution in [0.3, 0.4) is 0 Å². The first-order valence-electron chi connectivity index (χ1n) is 9.46. The zero-order valence-electron chi connectivity index (χ0n) is 17.1. The number of ether oxygens (including phenoxy) is 2. The van der Waals surface area contributed by atoms with E-state index in [0.29, 0.717) is 42.2 Å². The summed E-state index contributed by atoms with van der Waals surface area (Å²) in [6.07, 6.45) is 1.37. The Labute approximate surface area is 174 Å². The van der Waals surface area contributed by atoms with Crippen LogP contribution in [0.2, 0.25) is 0 Å². The Bertz CT molecular complexity index is 1030. The molecule has 8 nitrogen and oxygen atoms in total. The van der Waals surface area contributed by atoms with Crippen molar-refractivity contribution in [3.63, 3.8) is 0 Å². The van der Waals surface area contributed by atoms with Crippen molar-refractivity contribution in [3.8, 4) is 17.1 Å². The highest BCUT2D eigenvalue weighted by molar-refractivity contribution is 5.94. The predicted octanol–water partition coefficient (Wildman–Crippen LogP) is 3.80. The number of aromatic nitrogens is 2. The fraction of sp³-hybridized carbons (Fsp3) is 0.273. The van der Waals surface area contributed by atoms with Crippen LogP contribution in [0.5, 0.6) is 5.75 Å². The van der Waals surface area contributed by atoms with Gasteiger partial charge in [0.1, 0.15) is 5.75 Å². The van der Waals surface area contributed by atoms with Crippen molar-refractivity contribution in [3.05, 3.63) is 59.5 Å². The molecule has 8 heteroatoms. The number of methoxy groups -OCH3 is 2. The number of benzene rings is 2. The maximum absolute atomic E-state index is 12.2. The number of amides is 1. The quantitative estimate of drug-likeness (QED) is 0.564. The van der Waals surface area contributed by atoms with Gasteiger partial charge in [0.05, 0.1) is 19.8 Å². The number of hydrogen-bond acceptors (Lipinski definition) is 7. The summed E-state index contributed by atoms with van der Waals surface area (Å²) >= 11 is 0. The molecule has 0 unspecified atom stereocenters. The minimum Gasteiger partial charge on any atom is -0.497 e. The van der Waals surface area contributed by atoms with Crippen molar-refractivity contribution in [2.45, 2.75) is 26.2 Å². The third-order valence-electron chi connectivity index (χ3n) is 4.53. The lowest BCUT2D eigenvalue weighted by Gasteiger charge is -2.09. The highest BCUT2D eigenvalue weighted by Gasteiger charge is 2.12. The van der Waals surface area contributed by atoms with Gasteiger partial charge in [-0.3, -0.25) is 4.79 Å². The largest absolute Gasteiger partial charge is 0.497 e. The predicted molar refractivity (Wildman–Crippen MR) is 110 cm³/mol. The third kappa shape index (κ3) is 5.22. The van der Waals surface area contributed by atoms with Crippen LogP contribution in [0.15, 0.2) is 47.0 Å². The second-order valence-electron chi connectivity index (χ2n) is 6.66. The maximum Gasteiger partial charge on any atom is 0.337 e. The molecule has 0 aliphatic rings. The molecule has 0 fully saturated rings. The molecule has 0 aliphatic heterocycles. The van der Waals surface area contributed by atoms with Crippen LogP contribution in [0.4, 0.5) is 5.69 Å². The molecule has 1 N–H and O–H groups in total. The van der Waals surface area contributed by atoms with Gasteiger partial charge in [-0.05, 0) is 61.4 Å². The van der Waals surface area contributed by atoms with Gasteiger partial charge >= 0.3 is 5.97 Å². The summed E-state index contributed by atoms with van der Waals surface area (Å²) in [6, 6.07) is 12.4. The first-order valence-corrected chi connectivity index (χ1v) is 9.46. The molecule has 2 aromatic carbocycles. The Morgan fingerprint density at radius 3 is 2.53 bits per heavy atom. The Balaban J connectivity index is 1.50. The number of esters is 1. The molecule has 0 saturated heterocycles. The van der Waals surface area contributed by atoms with Crippen LogP contribution in [-0.4, -0.2) is 36.2 Å². The van der Waals surface area contributed by atoms with Crippen molar-refractivity contribution in [1.29, 1.82) is 0 Å². The van der Waals surface area contributed by atoms with Gasteiger partial charge in [-0.1, -0.05) is 5.16 Å². The van der Waals surface area contributed by atoms with Crippen LogP contribution in [-0.2, 0) is 16.0 Å². The summed E-state index contributed by atoms with van der Waals surface area (Å²) < 4.78 is 15.1. The molecule has 1 heterocycles. The molecule has 0 bridgehead atoms. The van der Waals surface area contributed by atoms with E-state index >= 15 is 0 Å². The zero-order valence-corrected chi connectivity index (χ0v) is 17.1. The van der Waals surface area contributed by atoms with Crippen LogP contribution in [0.1, 0.15) is 34.7 Å². The molecule has 1 amide bonds. The van der Waals surface area contributed by atoms with E-state index in [-0.39, 0.29) is 5.91 Å². The lowest BCUT2D eigenvalue weighted by Crippen LogP contribution is -2.13. The number of rotatable bonds is 8. The first kappa shape index (κ1) is 21.0. The molecule has 156 valence electrons. The number of nitrogens with zero attached hydrogens (tertiary/aromatic N) is 2. The molecular weight excluding hydrogens is 386 g/mol. The zero-order chi connectivity index (χ0) is 21.5. The summed E-state index contributed by atoms with van der Waals surface area (Å²) in [7, 11) is 2.94. The lowest BCUT2D eigenvalue weighted by molar-refractivity contribution is -0.116. The SMILES string of the molecule is COC(=O)c1ccc(NC(=O)CCCc2nc(-c3ccc(OC)cc3)no2)c(C)c1. The average Bonchev–Trinajstić information content (AvgIpc) is 3.23. The molecule has 1 aromatic heterocycles. The smallest absolute Gasteiger partial charge is 0.337 e. The number of carbonyl (C=O) groups excluding carboxylic acids is 2. The van der Waals surface area contributed by atoms with Crippen molar-refractivity contribution < 1.29 is 23.6 Å². The molecule has 0 radical (unpaired) electrons. The van der Waals surface area contributed by atoms with Gasteiger partial charge in [-0.15, -0.1) is 0 Å². The molecule has 0 aliphatic carbocycles. The number of carbonyl (C=O) groups is 2. The highest BCUT2D eigenvalue weighted by atomic mass is 16.5. The van der Waals surface area contributed by atoms with Crippen molar-refractivity contribution in [2.75, 3.05) is 19.5 Å². The number of aryl methyl sites for hydroxylation is 2. The molecule has 30 heavy (non-hydrogen) atoms. The van der Waals surface area contributed by atoms with Crippen molar-refractivity contribution >= 4 is 17.6 Å². The molecule has 0 saturated carbocycles. The Morgan fingerprint density at radius 1 is 1.10 bits per heavy atom. The summed E-state index contributed by atoms with van der Waals surface area (Å²) in [4.78, 5) is 28.2. The van der Waals surface area contributed by atoms with E-state index in [1.54, 1.807) is 25.3 Å². The van der Waals surface area contributed by atoms with E-state index in [1.165, 1.54) is 7.11 Å². The van der Waals surface area contributed by atoms with E-state index in [9.17, 15) is 9.59 Å². The normalized spacial score (nSPS) is 10.5. The highest BCUT2D eigenvalue weighted by Crippen LogP contribution is 2.21. The van der Waals surface area contributed by atoms with Gasteiger partial charge in [-0.25, -0.2) is 4.79 Å². The monoisotopic (exact) mass is 409 g/mol. The Morgan fingerprint density at radius 2 is 1.87 bits per heavy atom. The van der Waals surface area contributed by atoms with Crippen LogP contribution in [0, 0.1) is 6.92 Å². The average molecular weight is 409 g/mol. The number of anilines is 1. The van der Waals surface area contributed by atoms with Crippen LogP contribution in [0.25, 0.3) is 11.4 Å². The summed E-state index contributed by atoms with van der Waals surface area (Å²) in [6.45, 7) is 1.82. The molecule has 3 rings (SSSR count). The number of hydrogen-bond donors (Lipinski definition) is 1. The summed E-state index contributed by atoms with van der Waals surface area (Å²) in [5.74, 6) is 1.19. The first-order chi connectivity index (χ1) is 14.5. The van der Waals surface area contributed by atoms with Crippen LogP contribution < -0.4 is 10.1 Å². The standard InChI is InChI=1S/C22H23N3O5/c1-14-13-16(22(27)29-3)9-12-18(14)23-19(26)5-4-6-20-24-21(25-30-20)15-7-10-17(28-2)11-8-15/h7-13H,4-6H2,1-3H3,(H,23,26). The Hall–Kier alpha value is -3.68. The van der Waals surface area contributed by atoms with E-state index < -0.39 is 5.97 Å². The van der Waals surface area contributed by atoms with E-state index in [1.807, 2.05) is 31.2 Å². The second kappa shape index (κ2) is 9.69. The van der Waals surface area contributed by atoms with Gasteiger partial charge in [0.25, 0.3) is 0 Å². The summed E-state index contributed by atoms with van der Waals surface area (Å²) in [5.41, 5.74) is 2.71. The Kier molecular flexibility index (Phi) is 6.79. The third-order valence-corrected chi connectivity index (χ3v) is 4.53. The minimum atomic E-state index is -0.412. The van der Waals surface area contributed by atoms with Crippen LogP contribution >= 0.6 is 0 Å². The fourth-order valence-corrected chi connectivity index (χ4v) is 2.88. The van der Waals surface area contributed by atoms with Crippen molar-refractivity contribution in [1.82, 2.24) is 10.1 Å². The molecule has 0 atom stereocenters. The van der Waals surface area contributed by atoms with Gasteiger partial charge in [0.2, 0.25) is 17.6 Å². The molecular formula is C22H23N3O5. The second-order valence-corrected chi connectivity index (χ2v) is 6.66. The van der Waals surface area contributed by atoms with E-state index in [0.717, 1.165) is 16.9 Å². The topological polar surface area (TPSA) is 104 Å². The van der Waals surface area contributed by atoms with Gasteiger partial charge in [-0.2, -0.15) is 4.98 Å². The fourth-order valence-electron chi connectivity index (χ4n) is 2.88. The minimum absolute atomic E-state index is 0.126. The van der Waals surface area contributed by atoms with Gasteiger partial charge in [0, 0.05) is 24.1 Å². The lowest BCUT2D eigenvalue weighted by atomic mass is 10.1. The van der Waals surface area contributed by atoms with Crippen molar-refractivity contribution in [2.24, 2.45) is 0 Å². The van der Waals surface area contributed by atoms with Gasteiger partial charge in [0.15, 0.2) is 0 Å². The summed E-state index contributed by atoms with van der Waals surface area (Å²) in [5, 5.41) is 6.84. The van der Waals surface area contributed by atoms with E-state index in [2.05, 4.69) is 15.5 Å². The van der Waals surface area contributed by atoms with Gasteiger partial charge < -0.3 is 19.3 Å². The van der Waals surface area contributed by atoms with E-state index in [4.69, 9.17) is 14.0 Å².